The quantitative estimate of drug-likeness (QED) is 0.484. The SMILES string of the molecule is COc1cc([C@H]2c3c(C)n[nH]c(=O)c3Nc3nnnn32)ccc1O. The average Bonchev–Trinajstić information content (AvgIpc) is 3.05. The highest BCUT2D eigenvalue weighted by Crippen LogP contribution is 2.39. The average molecular weight is 327 g/mol. The minimum absolute atomic E-state index is 0.0214. The summed E-state index contributed by atoms with van der Waals surface area (Å²) in [4.78, 5) is 12.2. The first-order chi connectivity index (χ1) is 11.6. The van der Waals surface area contributed by atoms with Crippen LogP contribution in [0.5, 0.6) is 11.5 Å². The van der Waals surface area contributed by atoms with E-state index < -0.39 is 6.04 Å². The van der Waals surface area contributed by atoms with Gasteiger partial charge in [-0.2, -0.15) is 9.78 Å². The maximum Gasteiger partial charge on any atom is 0.288 e. The number of aromatic hydroxyl groups is 1. The van der Waals surface area contributed by atoms with E-state index >= 15 is 0 Å². The van der Waals surface area contributed by atoms with Crippen molar-refractivity contribution in [1.29, 1.82) is 0 Å². The van der Waals surface area contributed by atoms with Crippen LogP contribution in [0.2, 0.25) is 0 Å². The first-order valence-corrected chi connectivity index (χ1v) is 7.11. The van der Waals surface area contributed by atoms with Crippen LogP contribution in [0.4, 0.5) is 11.6 Å². The van der Waals surface area contributed by atoms with Crippen molar-refractivity contribution >= 4 is 11.6 Å². The lowest BCUT2D eigenvalue weighted by Gasteiger charge is -2.27. The number of methoxy groups -OCH3 is 1. The van der Waals surface area contributed by atoms with Crippen molar-refractivity contribution in [3.05, 3.63) is 45.4 Å². The fourth-order valence-electron chi connectivity index (χ4n) is 2.87. The van der Waals surface area contributed by atoms with Crippen LogP contribution in [0.3, 0.4) is 0 Å². The van der Waals surface area contributed by atoms with Gasteiger partial charge in [-0.3, -0.25) is 4.79 Å². The van der Waals surface area contributed by atoms with E-state index in [0.717, 1.165) is 5.56 Å². The standard InChI is InChI=1S/C14H13N7O3/c1-6-10-11(13(23)17-16-6)15-14-18-19-20-21(14)12(10)7-3-4-8(22)9(5-7)24-2/h3-5,12,22H,1-2H3,(H,17,23)(H,15,18,20)/t12-/m0/s1. The van der Waals surface area contributed by atoms with Gasteiger partial charge in [0.05, 0.1) is 12.8 Å². The summed E-state index contributed by atoms with van der Waals surface area (Å²) < 4.78 is 6.74. The van der Waals surface area contributed by atoms with Crippen LogP contribution in [-0.4, -0.2) is 42.6 Å². The topological polar surface area (TPSA) is 131 Å². The van der Waals surface area contributed by atoms with Crippen molar-refractivity contribution in [3.8, 4) is 11.5 Å². The minimum atomic E-state index is -0.476. The zero-order valence-corrected chi connectivity index (χ0v) is 12.8. The number of rotatable bonds is 2. The number of fused-ring (bicyclic) bond motifs is 2. The summed E-state index contributed by atoms with van der Waals surface area (Å²) in [6.45, 7) is 1.79. The predicted octanol–water partition coefficient (Wildman–Crippen LogP) is 0.474. The molecule has 1 aliphatic heterocycles. The molecule has 0 saturated heterocycles. The molecule has 0 fully saturated rings. The number of hydrogen-bond donors (Lipinski definition) is 3. The van der Waals surface area contributed by atoms with Gasteiger partial charge < -0.3 is 15.2 Å². The summed E-state index contributed by atoms with van der Waals surface area (Å²) in [5, 5.41) is 30.8. The van der Waals surface area contributed by atoms with Gasteiger partial charge in [0.15, 0.2) is 11.5 Å². The monoisotopic (exact) mass is 327 g/mol. The van der Waals surface area contributed by atoms with Crippen LogP contribution in [0.25, 0.3) is 0 Å². The third kappa shape index (κ3) is 1.93. The molecule has 10 heteroatoms. The van der Waals surface area contributed by atoms with Crippen LogP contribution in [0, 0.1) is 6.92 Å². The summed E-state index contributed by atoms with van der Waals surface area (Å²) in [5.74, 6) is 0.682. The number of anilines is 2. The highest BCUT2D eigenvalue weighted by atomic mass is 16.5. The molecule has 0 saturated carbocycles. The van der Waals surface area contributed by atoms with Crippen molar-refractivity contribution in [2.75, 3.05) is 12.4 Å². The number of phenols is 1. The van der Waals surface area contributed by atoms with Crippen molar-refractivity contribution in [2.45, 2.75) is 13.0 Å². The van der Waals surface area contributed by atoms with Gasteiger partial charge in [-0.15, -0.1) is 0 Å². The first kappa shape index (κ1) is 14.2. The van der Waals surface area contributed by atoms with Crippen LogP contribution in [-0.2, 0) is 0 Å². The number of aromatic amines is 1. The molecule has 3 N–H and O–H groups in total. The maximum absolute atomic E-state index is 12.2. The van der Waals surface area contributed by atoms with E-state index in [1.54, 1.807) is 23.7 Å². The molecule has 0 bridgehead atoms. The van der Waals surface area contributed by atoms with Crippen LogP contribution < -0.4 is 15.6 Å². The summed E-state index contributed by atoms with van der Waals surface area (Å²) in [5.41, 5.74) is 2.03. The molecule has 1 aromatic carbocycles. The zero-order chi connectivity index (χ0) is 16.8. The zero-order valence-electron chi connectivity index (χ0n) is 12.8. The highest BCUT2D eigenvalue weighted by molar-refractivity contribution is 5.65. The van der Waals surface area contributed by atoms with Gasteiger partial charge in [-0.25, -0.2) is 5.10 Å². The normalized spacial score (nSPS) is 15.3. The predicted molar refractivity (Wildman–Crippen MR) is 82.6 cm³/mol. The number of aromatic nitrogens is 6. The van der Waals surface area contributed by atoms with E-state index in [0.29, 0.717) is 28.6 Å². The maximum atomic E-state index is 12.2. The number of nitrogens with zero attached hydrogens (tertiary/aromatic N) is 5. The Labute approximate surface area is 135 Å². The van der Waals surface area contributed by atoms with E-state index in [1.165, 1.54) is 13.2 Å². The fourth-order valence-corrected chi connectivity index (χ4v) is 2.87. The van der Waals surface area contributed by atoms with Gasteiger partial charge in [0.2, 0.25) is 5.95 Å². The lowest BCUT2D eigenvalue weighted by molar-refractivity contribution is 0.372. The molecule has 122 valence electrons. The molecular formula is C14H13N7O3. The molecule has 0 aliphatic carbocycles. The van der Waals surface area contributed by atoms with Gasteiger partial charge in [-0.05, 0) is 35.0 Å². The van der Waals surface area contributed by atoms with E-state index in [2.05, 4.69) is 31.0 Å². The van der Waals surface area contributed by atoms with Gasteiger partial charge in [0, 0.05) is 5.56 Å². The highest BCUT2D eigenvalue weighted by Gasteiger charge is 2.33. The molecule has 1 atom stereocenters. The van der Waals surface area contributed by atoms with Crippen LogP contribution in [0.1, 0.15) is 22.9 Å². The largest absolute Gasteiger partial charge is 0.504 e. The number of aryl methyl sites for hydroxylation is 1. The van der Waals surface area contributed by atoms with Crippen molar-refractivity contribution in [2.24, 2.45) is 0 Å². The molecular weight excluding hydrogens is 314 g/mol. The van der Waals surface area contributed by atoms with Gasteiger partial charge >= 0.3 is 0 Å². The summed E-state index contributed by atoms with van der Waals surface area (Å²) in [7, 11) is 1.47. The second-order valence-corrected chi connectivity index (χ2v) is 5.33. The van der Waals surface area contributed by atoms with Gasteiger partial charge in [-0.1, -0.05) is 11.2 Å². The third-order valence-corrected chi connectivity index (χ3v) is 3.98. The van der Waals surface area contributed by atoms with Crippen molar-refractivity contribution < 1.29 is 9.84 Å². The number of hydrogen-bond acceptors (Lipinski definition) is 8. The number of H-pyrrole nitrogens is 1. The van der Waals surface area contributed by atoms with E-state index in [9.17, 15) is 9.90 Å². The summed E-state index contributed by atoms with van der Waals surface area (Å²) in [6, 6.07) is 4.45. The Kier molecular flexibility index (Phi) is 2.98. The van der Waals surface area contributed by atoms with E-state index in [-0.39, 0.29) is 11.3 Å². The number of ether oxygens (including phenoxy) is 1. The van der Waals surface area contributed by atoms with E-state index in [4.69, 9.17) is 4.74 Å². The Balaban J connectivity index is 2.00. The summed E-state index contributed by atoms with van der Waals surface area (Å²) >= 11 is 0. The van der Waals surface area contributed by atoms with E-state index in [1.807, 2.05) is 0 Å². The second kappa shape index (κ2) is 5.05. The smallest absolute Gasteiger partial charge is 0.288 e. The molecule has 0 amide bonds. The molecule has 0 spiro atoms. The first-order valence-electron chi connectivity index (χ1n) is 7.11. The number of phenolic OH excluding ortho intramolecular Hbond substituents is 1. The van der Waals surface area contributed by atoms with Gasteiger partial charge in [0.25, 0.3) is 5.56 Å². The number of nitrogens with one attached hydrogen (secondary N) is 2. The lowest BCUT2D eigenvalue weighted by Crippen LogP contribution is -2.29. The molecule has 1 aliphatic rings. The van der Waals surface area contributed by atoms with Crippen molar-refractivity contribution in [3.63, 3.8) is 0 Å². The summed E-state index contributed by atoms with van der Waals surface area (Å²) in [6.07, 6.45) is 0. The van der Waals surface area contributed by atoms with Crippen molar-refractivity contribution in [1.82, 2.24) is 30.4 Å². The number of tetrazole rings is 1. The van der Waals surface area contributed by atoms with Gasteiger partial charge in [0.1, 0.15) is 11.7 Å². The molecule has 3 aromatic rings. The minimum Gasteiger partial charge on any atom is -0.504 e. The Bertz CT molecular complexity index is 994. The van der Waals surface area contributed by atoms with Crippen LogP contribution >= 0.6 is 0 Å². The molecule has 24 heavy (non-hydrogen) atoms. The molecule has 0 radical (unpaired) electrons. The Morgan fingerprint density at radius 3 is 3.00 bits per heavy atom. The van der Waals surface area contributed by atoms with Crippen LogP contribution in [0.15, 0.2) is 23.0 Å². The molecule has 10 nitrogen and oxygen atoms in total. The molecule has 2 aromatic heterocycles. The Morgan fingerprint density at radius 1 is 1.38 bits per heavy atom. The lowest BCUT2D eigenvalue weighted by atomic mass is 9.95. The second-order valence-electron chi connectivity index (χ2n) is 5.33. The Hall–Kier alpha value is -3.43. The Morgan fingerprint density at radius 2 is 2.21 bits per heavy atom. The number of benzene rings is 1. The molecule has 4 rings (SSSR count). The molecule has 0 unspecified atom stereocenters. The third-order valence-electron chi connectivity index (χ3n) is 3.98. The fraction of sp³-hybridized carbons (Fsp3) is 0.214. The molecule has 3 heterocycles.